The number of nitrogens with one attached hydrogen (secondary N) is 1. The zero-order valence-corrected chi connectivity index (χ0v) is 14.1. The average molecular weight is 402 g/mol. The van der Waals surface area contributed by atoms with E-state index in [4.69, 9.17) is 5.73 Å². The third-order valence-corrected chi connectivity index (χ3v) is 3.86. The maximum atomic E-state index is 13.7. The fourth-order valence-electron chi connectivity index (χ4n) is 1.96. The van der Waals surface area contributed by atoms with E-state index in [1.165, 1.54) is 30.3 Å². The number of nitrogens with two attached hydrogens (primary N) is 1. The topological polar surface area (TPSA) is 72.2 Å². The summed E-state index contributed by atoms with van der Waals surface area (Å²) < 4.78 is 63.8. The number of alkyl halides is 3. The fourth-order valence-corrected chi connectivity index (χ4v) is 2.50. The molecule has 0 atom stereocenters. The van der Waals surface area contributed by atoms with Gasteiger partial charge in [-0.25, -0.2) is 8.78 Å². The Morgan fingerprint density at radius 1 is 1.04 bits per heavy atom. The summed E-state index contributed by atoms with van der Waals surface area (Å²) in [6.07, 6.45) is 2.28. The zero-order chi connectivity index (χ0) is 20.2. The number of hydrogen-bond donors (Lipinski definition) is 2. The SMILES string of the molecule is NC(=O)c1cc(NC(=O)/C=C/c2ccc(SC(F)(F)F)cc2)c(F)cc1F. The molecule has 0 saturated heterocycles. The molecule has 2 amide bonds. The van der Waals surface area contributed by atoms with Gasteiger partial charge in [0, 0.05) is 17.0 Å². The number of benzene rings is 2. The van der Waals surface area contributed by atoms with Crippen LogP contribution in [0, 0.1) is 11.6 Å². The van der Waals surface area contributed by atoms with Gasteiger partial charge in [0.25, 0.3) is 5.91 Å². The third-order valence-electron chi connectivity index (χ3n) is 3.12. The first-order valence-corrected chi connectivity index (χ1v) is 8.00. The monoisotopic (exact) mass is 402 g/mol. The maximum absolute atomic E-state index is 13.7. The van der Waals surface area contributed by atoms with Gasteiger partial charge in [-0.05, 0) is 41.6 Å². The molecule has 0 heterocycles. The molecule has 2 aromatic rings. The molecule has 0 aliphatic rings. The number of thioether (sulfide) groups is 1. The minimum atomic E-state index is -4.40. The normalized spacial score (nSPS) is 11.6. The number of carbonyl (C=O) groups is 2. The van der Waals surface area contributed by atoms with Crippen LogP contribution in [0.2, 0.25) is 0 Å². The Morgan fingerprint density at radius 3 is 2.22 bits per heavy atom. The van der Waals surface area contributed by atoms with Crippen LogP contribution in [0.1, 0.15) is 15.9 Å². The lowest BCUT2D eigenvalue weighted by Gasteiger charge is -2.07. The van der Waals surface area contributed by atoms with Crippen molar-refractivity contribution in [3.63, 3.8) is 0 Å². The Bertz CT molecular complexity index is 895. The first-order chi connectivity index (χ1) is 12.5. The van der Waals surface area contributed by atoms with E-state index in [2.05, 4.69) is 5.32 Å². The molecule has 10 heteroatoms. The summed E-state index contributed by atoms with van der Waals surface area (Å²) in [7, 11) is 0. The molecule has 0 aliphatic heterocycles. The lowest BCUT2D eigenvalue weighted by molar-refractivity contribution is -0.111. The van der Waals surface area contributed by atoms with Crippen LogP contribution >= 0.6 is 11.8 Å². The first kappa shape index (κ1) is 20.4. The van der Waals surface area contributed by atoms with Gasteiger partial charge in [0.1, 0.15) is 11.6 Å². The maximum Gasteiger partial charge on any atom is 0.446 e. The van der Waals surface area contributed by atoms with Crippen LogP contribution in [-0.2, 0) is 4.79 Å². The van der Waals surface area contributed by atoms with Gasteiger partial charge in [0.05, 0.1) is 11.3 Å². The molecule has 3 N–H and O–H groups in total. The molecule has 0 bridgehead atoms. The van der Waals surface area contributed by atoms with Gasteiger partial charge in [-0.3, -0.25) is 9.59 Å². The predicted octanol–water partition coefficient (Wildman–Crippen LogP) is 4.33. The number of halogens is 5. The highest BCUT2D eigenvalue weighted by Gasteiger charge is 2.28. The quantitative estimate of drug-likeness (QED) is 0.444. The Hall–Kier alpha value is -2.88. The lowest BCUT2D eigenvalue weighted by Crippen LogP contribution is -2.16. The Kier molecular flexibility index (Phi) is 6.21. The fraction of sp³-hybridized carbons (Fsp3) is 0.0588. The second-order valence-electron chi connectivity index (χ2n) is 5.12. The van der Waals surface area contributed by atoms with E-state index < -0.39 is 40.2 Å². The van der Waals surface area contributed by atoms with Gasteiger partial charge in [0.2, 0.25) is 5.91 Å². The first-order valence-electron chi connectivity index (χ1n) is 7.19. The third kappa shape index (κ3) is 6.10. The molecule has 0 aliphatic carbocycles. The number of carbonyl (C=O) groups excluding carboxylic acids is 2. The highest BCUT2D eigenvalue weighted by Crippen LogP contribution is 2.36. The van der Waals surface area contributed by atoms with Crippen molar-refractivity contribution >= 4 is 35.3 Å². The van der Waals surface area contributed by atoms with Crippen LogP contribution in [0.25, 0.3) is 6.08 Å². The summed E-state index contributed by atoms with van der Waals surface area (Å²) in [5, 5.41) is 2.12. The summed E-state index contributed by atoms with van der Waals surface area (Å²) in [6, 6.07) is 6.37. The molecule has 2 aromatic carbocycles. The number of amides is 2. The van der Waals surface area contributed by atoms with Crippen molar-refractivity contribution in [3.8, 4) is 0 Å². The van der Waals surface area contributed by atoms with Crippen molar-refractivity contribution in [2.75, 3.05) is 5.32 Å². The van der Waals surface area contributed by atoms with Crippen molar-refractivity contribution < 1.29 is 31.5 Å². The van der Waals surface area contributed by atoms with Crippen LogP contribution in [0.4, 0.5) is 27.6 Å². The summed E-state index contributed by atoms with van der Waals surface area (Å²) in [5.41, 5.74) is -0.0650. The van der Waals surface area contributed by atoms with E-state index in [0.717, 1.165) is 12.1 Å². The molecular weight excluding hydrogens is 391 g/mol. The van der Waals surface area contributed by atoms with Crippen molar-refractivity contribution in [1.29, 1.82) is 0 Å². The number of primary amides is 1. The lowest BCUT2D eigenvalue weighted by atomic mass is 10.1. The van der Waals surface area contributed by atoms with Crippen LogP contribution in [0.3, 0.4) is 0 Å². The van der Waals surface area contributed by atoms with Gasteiger partial charge in [-0.15, -0.1) is 0 Å². The number of hydrogen-bond acceptors (Lipinski definition) is 3. The summed E-state index contributed by atoms with van der Waals surface area (Å²) in [6.45, 7) is 0. The molecule has 0 fully saturated rings. The van der Waals surface area contributed by atoms with E-state index in [-0.39, 0.29) is 16.7 Å². The zero-order valence-electron chi connectivity index (χ0n) is 13.3. The van der Waals surface area contributed by atoms with Gasteiger partial charge < -0.3 is 11.1 Å². The summed E-state index contributed by atoms with van der Waals surface area (Å²) in [4.78, 5) is 22.9. The van der Waals surface area contributed by atoms with Crippen LogP contribution in [0.15, 0.2) is 47.4 Å². The van der Waals surface area contributed by atoms with Crippen LogP contribution in [-0.4, -0.2) is 17.3 Å². The molecule has 27 heavy (non-hydrogen) atoms. The molecule has 142 valence electrons. The van der Waals surface area contributed by atoms with E-state index in [1.807, 2.05) is 0 Å². The molecule has 0 saturated carbocycles. The smallest absolute Gasteiger partial charge is 0.366 e. The predicted molar refractivity (Wildman–Crippen MR) is 90.9 cm³/mol. The Balaban J connectivity index is 2.07. The average Bonchev–Trinajstić information content (AvgIpc) is 2.55. The second kappa shape index (κ2) is 8.21. The van der Waals surface area contributed by atoms with Crippen LogP contribution < -0.4 is 11.1 Å². The molecule has 0 radical (unpaired) electrons. The second-order valence-corrected chi connectivity index (χ2v) is 6.25. The molecule has 0 spiro atoms. The van der Waals surface area contributed by atoms with Gasteiger partial charge in [0.15, 0.2) is 0 Å². The van der Waals surface area contributed by atoms with Gasteiger partial charge >= 0.3 is 5.51 Å². The highest BCUT2D eigenvalue weighted by molar-refractivity contribution is 8.00. The Labute approximate surface area is 154 Å². The Morgan fingerprint density at radius 2 is 1.67 bits per heavy atom. The minimum Gasteiger partial charge on any atom is -0.366 e. The van der Waals surface area contributed by atoms with E-state index in [1.54, 1.807) is 0 Å². The minimum absolute atomic E-state index is 0.0172. The molecule has 2 rings (SSSR count). The van der Waals surface area contributed by atoms with Gasteiger partial charge in [-0.1, -0.05) is 12.1 Å². The largest absolute Gasteiger partial charge is 0.446 e. The van der Waals surface area contributed by atoms with Crippen LogP contribution in [0.5, 0.6) is 0 Å². The van der Waals surface area contributed by atoms with Crippen molar-refractivity contribution in [2.24, 2.45) is 5.73 Å². The van der Waals surface area contributed by atoms with E-state index in [9.17, 15) is 31.5 Å². The number of rotatable bonds is 5. The molecule has 0 aromatic heterocycles. The summed E-state index contributed by atoms with van der Waals surface area (Å²) >= 11 is -0.271. The van der Waals surface area contributed by atoms with Crippen molar-refractivity contribution in [2.45, 2.75) is 10.4 Å². The molecular formula is C17H11F5N2O2S. The van der Waals surface area contributed by atoms with Crippen molar-refractivity contribution in [1.82, 2.24) is 0 Å². The summed E-state index contributed by atoms with van der Waals surface area (Å²) in [5.74, 6) is -4.20. The van der Waals surface area contributed by atoms with Crippen molar-refractivity contribution in [3.05, 3.63) is 65.2 Å². The standard InChI is InChI=1S/C17H11F5N2O2S/c18-12-8-13(19)14(7-11(12)16(23)26)24-15(25)6-3-9-1-4-10(5-2-9)27-17(20,21)22/h1-8H,(H2,23,26)(H,24,25)/b6-3+. The molecule has 4 nitrogen and oxygen atoms in total. The van der Waals surface area contributed by atoms with Gasteiger partial charge in [-0.2, -0.15) is 13.2 Å². The van der Waals surface area contributed by atoms with E-state index >= 15 is 0 Å². The highest BCUT2D eigenvalue weighted by atomic mass is 32.2. The number of anilines is 1. The van der Waals surface area contributed by atoms with E-state index in [0.29, 0.717) is 11.6 Å². The molecule has 0 unspecified atom stereocenters.